The van der Waals surface area contributed by atoms with Crippen molar-refractivity contribution in [1.29, 1.82) is 0 Å². The van der Waals surface area contributed by atoms with Crippen molar-refractivity contribution in [2.75, 3.05) is 5.73 Å². The maximum absolute atomic E-state index is 6.16. The van der Waals surface area contributed by atoms with Gasteiger partial charge in [-0.1, -0.05) is 46.6 Å². The van der Waals surface area contributed by atoms with Crippen LogP contribution in [0, 0.1) is 0 Å². The van der Waals surface area contributed by atoms with Gasteiger partial charge in [0.25, 0.3) is 0 Å². The zero-order chi connectivity index (χ0) is 14.8. The largest absolute Gasteiger partial charge is 0.398 e. The molecule has 0 radical (unpaired) electrons. The normalized spacial score (nSPS) is 16.5. The fourth-order valence-electron chi connectivity index (χ4n) is 3.01. The molecule has 3 rings (SSSR count). The van der Waals surface area contributed by atoms with E-state index in [1.807, 2.05) is 18.2 Å². The average molecular weight is 346 g/mol. The molecule has 0 bridgehead atoms. The summed E-state index contributed by atoms with van der Waals surface area (Å²) in [6.07, 6.45) is 3.85. The Bertz CT molecular complexity index is 638. The minimum absolute atomic E-state index is 0.0840. The molecule has 2 aromatic rings. The first-order chi connectivity index (χ1) is 10.2. The third kappa shape index (κ3) is 2.84. The molecule has 0 heterocycles. The van der Waals surface area contributed by atoms with Gasteiger partial charge in [0.05, 0.1) is 6.04 Å². The zero-order valence-corrected chi connectivity index (χ0v) is 13.4. The van der Waals surface area contributed by atoms with E-state index < -0.39 is 0 Å². The summed E-state index contributed by atoms with van der Waals surface area (Å²) in [7, 11) is 0. The number of benzene rings is 2. The molecule has 21 heavy (non-hydrogen) atoms. The number of hydrazine groups is 1. The molecule has 0 amide bonds. The summed E-state index contributed by atoms with van der Waals surface area (Å²) >= 11 is 3.51. The lowest BCUT2D eigenvalue weighted by molar-refractivity contribution is 0.414. The van der Waals surface area contributed by atoms with Crippen LogP contribution in [0.4, 0.5) is 5.69 Å². The molecule has 4 heteroatoms. The van der Waals surface area contributed by atoms with E-state index in [2.05, 4.69) is 45.6 Å². The molecule has 3 nitrogen and oxygen atoms in total. The molecule has 110 valence electrons. The van der Waals surface area contributed by atoms with E-state index in [9.17, 15) is 0 Å². The summed E-state index contributed by atoms with van der Waals surface area (Å²) in [4.78, 5) is 0. The van der Waals surface area contributed by atoms with E-state index in [1.54, 1.807) is 0 Å². The molecule has 1 saturated carbocycles. The third-order valence-electron chi connectivity index (χ3n) is 4.38. The average Bonchev–Trinajstić information content (AvgIpc) is 2.43. The van der Waals surface area contributed by atoms with Gasteiger partial charge in [0.1, 0.15) is 0 Å². The molecule has 1 unspecified atom stereocenters. The molecular formula is C17H20BrN3. The fourth-order valence-corrected chi connectivity index (χ4v) is 3.39. The van der Waals surface area contributed by atoms with E-state index in [0.717, 1.165) is 15.7 Å². The van der Waals surface area contributed by atoms with Gasteiger partial charge in [0, 0.05) is 10.2 Å². The molecule has 1 atom stereocenters. The van der Waals surface area contributed by atoms with Crippen molar-refractivity contribution < 1.29 is 0 Å². The number of hydrogen-bond donors (Lipinski definition) is 3. The van der Waals surface area contributed by atoms with Crippen molar-refractivity contribution in [2.24, 2.45) is 5.84 Å². The van der Waals surface area contributed by atoms with Crippen molar-refractivity contribution in [2.45, 2.75) is 31.2 Å². The molecule has 0 aliphatic heterocycles. The highest BCUT2D eigenvalue weighted by atomic mass is 79.9. The van der Waals surface area contributed by atoms with E-state index in [4.69, 9.17) is 11.6 Å². The predicted octanol–water partition coefficient (Wildman–Crippen LogP) is 3.85. The summed E-state index contributed by atoms with van der Waals surface area (Å²) in [6.45, 7) is 0. The van der Waals surface area contributed by atoms with Gasteiger partial charge in [0.2, 0.25) is 0 Å². The van der Waals surface area contributed by atoms with E-state index in [1.165, 1.54) is 30.4 Å². The lowest BCUT2D eigenvalue weighted by atomic mass is 9.76. The zero-order valence-electron chi connectivity index (χ0n) is 11.9. The first-order valence-electron chi connectivity index (χ1n) is 7.30. The van der Waals surface area contributed by atoms with Gasteiger partial charge in [0.15, 0.2) is 0 Å². The van der Waals surface area contributed by atoms with Crippen LogP contribution in [0.3, 0.4) is 0 Å². The lowest BCUT2D eigenvalue weighted by Gasteiger charge is -2.30. The maximum Gasteiger partial charge on any atom is 0.0733 e. The van der Waals surface area contributed by atoms with Crippen molar-refractivity contribution in [3.05, 3.63) is 63.6 Å². The third-order valence-corrected chi connectivity index (χ3v) is 4.87. The molecule has 0 saturated heterocycles. The van der Waals surface area contributed by atoms with Crippen LogP contribution in [0.5, 0.6) is 0 Å². The first-order valence-corrected chi connectivity index (χ1v) is 8.10. The van der Waals surface area contributed by atoms with Crippen LogP contribution >= 0.6 is 15.9 Å². The van der Waals surface area contributed by atoms with Crippen molar-refractivity contribution in [1.82, 2.24) is 5.43 Å². The molecule has 5 N–H and O–H groups in total. The Morgan fingerprint density at radius 1 is 1.10 bits per heavy atom. The van der Waals surface area contributed by atoms with E-state index in [0.29, 0.717) is 5.92 Å². The number of halogens is 1. The van der Waals surface area contributed by atoms with Crippen LogP contribution in [0.15, 0.2) is 46.9 Å². The molecule has 1 fully saturated rings. The highest BCUT2D eigenvalue weighted by Gasteiger charge is 2.26. The minimum atomic E-state index is -0.0840. The quantitative estimate of drug-likeness (QED) is 0.448. The Balaban J connectivity index is 2.06. The van der Waals surface area contributed by atoms with Crippen LogP contribution in [0.2, 0.25) is 0 Å². The number of hydrogen-bond acceptors (Lipinski definition) is 3. The van der Waals surface area contributed by atoms with Crippen molar-refractivity contribution in [3.63, 3.8) is 0 Å². The standard InChI is InChI=1S/C17H20BrN3/c18-12-8-9-16(19)15(10-12)17(21-20)14-7-2-1-6-13(14)11-4-3-5-11/h1-2,6-11,17,21H,3-5,19-20H2. The Morgan fingerprint density at radius 3 is 2.52 bits per heavy atom. The van der Waals surface area contributed by atoms with Crippen molar-refractivity contribution in [3.8, 4) is 0 Å². The Hall–Kier alpha value is -1.36. The summed E-state index contributed by atoms with van der Waals surface area (Å²) in [5, 5.41) is 0. The topological polar surface area (TPSA) is 64.1 Å². The minimum Gasteiger partial charge on any atom is -0.398 e. The second-order valence-electron chi connectivity index (χ2n) is 5.63. The number of nitrogen functional groups attached to an aromatic ring is 1. The van der Waals surface area contributed by atoms with Crippen LogP contribution in [-0.2, 0) is 0 Å². The van der Waals surface area contributed by atoms with Gasteiger partial charge in [-0.3, -0.25) is 5.84 Å². The van der Waals surface area contributed by atoms with E-state index in [-0.39, 0.29) is 6.04 Å². The van der Waals surface area contributed by atoms with Crippen LogP contribution in [0.25, 0.3) is 0 Å². The molecule has 1 aliphatic rings. The van der Waals surface area contributed by atoms with Crippen molar-refractivity contribution >= 4 is 21.6 Å². The van der Waals surface area contributed by atoms with Gasteiger partial charge >= 0.3 is 0 Å². The van der Waals surface area contributed by atoms with E-state index >= 15 is 0 Å². The summed E-state index contributed by atoms with van der Waals surface area (Å²) in [6, 6.07) is 14.4. The van der Waals surface area contributed by atoms with Gasteiger partial charge < -0.3 is 5.73 Å². The Morgan fingerprint density at radius 2 is 1.86 bits per heavy atom. The van der Waals surface area contributed by atoms with Gasteiger partial charge in [-0.2, -0.15) is 0 Å². The molecule has 0 spiro atoms. The number of anilines is 1. The number of rotatable bonds is 4. The smallest absolute Gasteiger partial charge is 0.0733 e. The Kier molecular flexibility index (Phi) is 4.29. The monoisotopic (exact) mass is 345 g/mol. The summed E-state index contributed by atoms with van der Waals surface area (Å²) in [5.74, 6) is 6.52. The van der Waals surface area contributed by atoms with Gasteiger partial charge in [-0.05, 0) is 53.6 Å². The first kappa shape index (κ1) is 14.6. The maximum atomic E-state index is 6.16. The lowest BCUT2D eigenvalue weighted by Crippen LogP contribution is -2.31. The number of nitrogens with two attached hydrogens (primary N) is 2. The van der Waals surface area contributed by atoms with Crippen LogP contribution < -0.4 is 17.0 Å². The second kappa shape index (κ2) is 6.18. The summed E-state index contributed by atoms with van der Waals surface area (Å²) < 4.78 is 1.01. The fraction of sp³-hybridized carbons (Fsp3) is 0.294. The van der Waals surface area contributed by atoms with Crippen LogP contribution in [0.1, 0.15) is 47.9 Å². The molecule has 2 aromatic carbocycles. The second-order valence-corrected chi connectivity index (χ2v) is 6.55. The molecule has 0 aromatic heterocycles. The highest BCUT2D eigenvalue weighted by Crippen LogP contribution is 2.41. The molecular weight excluding hydrogens is 326 g/mol. The number of nitrogens with one attached hydrogen (secondary N) is 1. The van der Waals surface area contributed by atoms with Crippen LogP contribution in [-0.4, -0.2) is 0 Å². The predicted molar refractivity (Wildman–Crippen MR) is 90.8 cm³/mol. The van der Waals surface area contributed by atoms with Gasteiger partial charge in [-0.15, -0.1) is 0 Å². The van der Waals surface area contributed by atoms with Gasteiger partial charge in [-0.25, -0.2) is 5.43 Å². The highest BCUT2D eigenvalue weighted by molar-refractivity contribution is 9.10. The molecule has 1 aliphatic carbocycles. The summed E-state index contributed by atoms with van der Waals surface area (Å²) in [5.41, 5.74) is 13.5. The SMILES string of the molecule is NNC(c1cc(Br)ccc1N)c1ccccc1C1CCC1. The Labute approximate surface area is 133 Å².